The van der Waals surface area contributed by atoms with E-state index in [1.807, 2.05) is 0 Å². The third-order valence-corrected chi connectivity index (χ3v) is 6.14. The number of rotatable bonds is 4. The van der Waals surface area contributed by atoms with E-state index in [1.54, 1.807) is 0 Å². The number of hydrogen-bond donors (Lipinski definition) is 2. The van der Waals surface area contributed by atoms with Crippen LogP contribution in [0.25, 0.3) is 10.8 Å². The van der Waals surface area contributed by atoms with Crippen molar-refractivity contribution < 1.29 is 8.95 Å². The Hall–Kier alpha value is -0.880. The number of nitrogens with two attached hydrogens (primary N) is 1. The maximum Gasteiger partial charge on any atom is 0.0832 e. The second-order valence-corrected chi connectivity index (χ2v) is 8.24. The summed E-state index contributed by atoms with van der Waals surface area (Å²) in [5, 5.41) is 13.8. The molecule has 6 heteroatoms. The molecule has 1 heterocycles. The van der Waals surface area contributed by atoms with Crippen LogP contribution in [0.1, 0.15) is 43.6 Å². The fraction of sp³-hybridized carbons (Fsp3) is 0.524. The first-order chi connectivity index (χ1) is 13.1. The van der Waals surface area contributed by atoms with E-state index in [0.29, 0.717) is 6.04 Å². The Balaban J connectivity index is 0.000000659. The van der Waals surface area contributed by atoms with Crippen molar-refractivity contribution in [1.29, 1.82) is 0 Å². The van der Waals surface area contributed by atoms with Crippen molar-refractivity contribution in [2.75, 3.05) is 19.6 Å². The minimum atomic E-state index is -0.538. The summed E-state index contributed by atoms with van der Waals surface area (Å²) >= 11 is 8.53. The zero-order chi connectivity index (χ0) is 19.3. The number of nitrogens with zero attached hydrogens (tertiary/aromatic N) is 1. The monoisotopic (exact) mass is 410 g/mol. The molecule has 1 aliphatic heterocycles. The minimum Gasteiger partial charge on any atom is -0.389 e. The van der Waals surface area contributed by atoms with E-state index in [0.717, 1.165) is 51.7 Å². The molecule has 1 atom stereocenters. The summed E-state index contributed by atoms with van der Waals surface area (Å²) in [6.45, 7) is 3.05. The Morgan fingerprint density at radius 1 is 1.11 bits per heavy atom. The zero-order valence-corrected chi connectivity index (χ0v) is 17.0. The topological polar surface area (TPSA) is 58.7 Å². The third kappa shape index (κ3) is 4.94. The normalized spacial score (nSPS) is 21.2. The molecule has 148 valence electrons. The zero-order valence-electron chi connectivity index (χ0n) is 15.5. The van der Waals surface area contributed by atoms with Crippen molar-refractivity contribution in [2.45, 2.75) is 49.7 Å². The number of fused-ring (bicyclic) bond motifs is 1. The molecule has 1 unspecified atom stereocenters. The number of aliphatic hydroxyl groups is 1. The molecule has 27 heavy (non-hydrogen) atoms. The van der Waals surface area contributed by atoms with Crippen LogP contribution in [0, 0.1) is 0 Å². The standard InChI is InChI=1S/C21H28N2O.Cl2O/c22-17-9-13-23(14-10-17)15-20(21(24)11-4-12-21)19-8-3-6-16-5-1-2-7-18(16)19;1-3-2/h1-3,5-8,17,20,24H,4,9-15,22H2;. The first-order valence-electron chi connectivity index (χ1n) is 9.64. The van der Waals surface area contributed by atoms with Gasteiger partial charge in [0.25, 0.3) is 0 Å². The van der Waals surface area contributed by atoms with Crippen LogP contribution in [0.3, 0.4) is 0 Å². The highest BCUT2D eigenvalue weighted by Crippen LogP contribution is 2.45. The van der Waals surface area contributed by atoms with Gasteiger partial charge < -0.3 is 15.7 Å². The molecule has 2 aromatic carbocycles. The summed E-state index contributed by atoms with van der Waals surface area (Å²) in [5.41, 5.74) is 6.83. The molecule has 2 aliphatic rings. The van der Waals surface area contributed by atoms with Crippen molar-refractivity contribution in [2.24, 2.45) is 5.73 Å². The SMILES string of the molecule is ClOCl.NC1CCN(CC(c2cccc3ccccc23)C2(O)CCC2)CC1. The maximum atomic E-state index is 11.2. The molecule has 4 rings (SSSR count). The van der Waals surface area contributed by atoms with Gasteiger partial charge in [-0.1, -0.05) is 42.5 Å². The van der Waals surface area contributed by atoms with Gasteiger partial charge in [0.15, 0.2) is 0 Å². The average molecular weight is 411 g/mol. The first-order valence-corrected chi connectivity index (χ1v) is 10.3. The van der Waals surface area contributed by atoms with Crippen LogP contribution >= 0.6 is 23.7 Å². The predicted molar refractivity (Wildman–Crippen MR) is 112 cm³/mol. The summed E-state index contributed by atoms with van der Waals surface area (Å²) in [6.07, 6.45) is 5.13. The molecule has 0 bridgehead atoms. The Labute approximate surface area is 171 Å². The quantitative estimate of drug-likeness (QED) is 0.774. The summed E-state index contributed by atoms with van der Waals surface area (Å²) in [4.78, 5) is 2.51. The van der Waals surface area contributed by atoms with Crippen LogP contribution in [0.4, 0.5) is 0 Å². The molecule has 2 fully saturated rings. The Morgan fingerprint density at radius 3 is 2.37 bits per heavy atom. The molecule has 1 aliphatic carbocycles. The second-order valence-electron chi connectivity index (χ2n) is 7.77. The van der Waals surface area contributed by atoms with Gasteiger partial charge in [-0.05, 0) is 61.5 Å². The van der Waals surface area contributed by atoms with Gasteiger partial charge in [0.2, 0.25) is 0 Å². The van der Waals surface area contributed by atoms with E-state index in [2.05, 4.69) is 74.9 Å². The average Bonchev–Trinajstić information content (AvgIpc) is 2.66. The van der Waals surface area contributed by atoms with Gasteiger partial charge in [-0.25, -0.2) is 0 Å². The summed E-state index contributed by atoms with van der Waals surface area (Å²) in [6, 6.07) is 15.4. The molecule has 2 aromatic rings. The molecule has 0 amide bonds. The Morgan fingerprint density at radius 2 is 1.74 bits per heavy atom. The van der Waals surface area contributed by atoms with Gasteiger partial charge in [-0.15, -0.1) is 0 Å². The van der Waals surface area contributed by atoms with Crippen molar-refractivity contribution in [3.05, 3.63) is 48.0 Å². The predicted octanol–water partition coefficient (Wildman–Crippen LogP) is 4.57. The van der Waals surface area contributed by atoms with E-state index in [4.69, 9.17) is 5.73 Å². The van der Waals surface area contributed by atoms with Gasteiger partial charge in [-0.3, -0.25) is 0 Å². The molecular formula is C21H28Cl2N2O2. The molecular weight excluding hydrogens is 383 g/mol. The minimum absolute atomic E-state index is 0.187. The van der Waals surface area contributed by atoms with Crippen LogP contribution in [-0.2, 0) is 3.84 Å². The van der Waals surface area contributed by atoms with Gasteiger partial charge in [0.05, 0.1) is 29.3 Å². The van der Waals surface area contributed by atoms with Crippen molar-refractivity contribution in [1.82, 2.24) is 4.90 Å². The van der Waals surface area contributed by atoms with E-state index in [-0.39, 0.29) is 5.92 Å². The first kappa shape index (κ1) is 20.8. The lowest BCUT2D eigenvalue weighted by Gasteiger charge is -2.46. The molecule has 4 nitrogen and oxygen atoms in total. The van der Waals surface area contributed by atoms with Crippen LogP contribution in [0.5, 0.6) is 0 Å². The number of benzene rings is 2. The van der Waals surface area contributed by atoms with Gasteiger partial charge >= 0.3 is 0 Å². The van der Waals surface area contributed by atoms with Crippen LogP contribution in [0.2, 0.25) is 0 Å². The number of hydrogen-bond acceptors (Lipinski definition) is 4. The highest BCUT2D eigenvalue weighted by atomic mass is 35.6. The number of halogens is 2. The largest absolute Gasteiger partial charge is 0.389 e. The highest BCUT2D eigenvalue weighted by molar-refractivity contribution is 6.24. The van der Waals surface area contributed by atoms with E-state index in [9.17, 15) is 5.11 Å². The summed E-state index contributed by atoms with van der Waals surface area (Å²) in [5.74, 6) is 0.187. The smallest absolute Gasteiger partial charge is 0.0832 e. The van der Waals surface area contributed by atoms with Gasteiger partial charge in [-0.2, -0.15) is 3.84 Å². The van der Waals surface area contributed by atoms with Crippen molar-refractivity contribution in [3.8, 4) is 0 Å². The van der Waals surface area contributed by atoms with Gasteiger partial charge in [0.1, 0.15) is 0 Å². The lowest BCUT2D eigenvalue weighted by atomic mass is 9.67. The van der Waals surface area contributed by atoms with E-state index < -0.39 is 5.60 Å². The van der Waals surface area contributed by atoms with E-state index in [1.165, 1.54) is 16.3 Å². The third-order valence-electron chi connectivity index (χ3n) is 6.14. The molecule has 1 saturated heterocycles. The van der Waals surface area contributed by atoms with Crippen LogP contribution in [0.15, 0.2) is 42.5 Å². The molecule has 0 radical (unpaired) electrons. The summed E-state index contributed by atoms with van der Waals surface area (Å²) in [7, 11) is 0. The number of likely N-dealkylation sites (tertiary alicyclic amines) is 1. The Kier molecular flexibility index (Phi) is 7.37. The second kappa shape index (κ2) is 9.55. The van der Waals surface area contributed by atoms with Crippen molar-refractivity contribution in [3.63, 3.8) is 0 Å². The van der Waals surface area contributed by atoms with E-state index >= 15 is 0 Å². The van der Waals surface area contributed by atoms with Crippen molar-refractivity contribution >= 4 is 34.5 Å². The molecule has 0 aromatic heterocycles. The lowest BCUT2D eigenvalue weighted by molar-refractivity contribution is -0.0654. The lowest BCUT2D eigenvalue weighted by Crippen LogP contribution is -2.49. The Bertz CT molecular complexity index is 726. The maximum absolute atomic E-state index is 11.2. The molecule has 0 spiro atoms. The molecule has 3 N–H and O–H groups in total. The van der Waals surface area contributed by atoms with Gasteiger partial charge in [0, 0.05) is 18.5 Å². The number of piperidine rings is 1. The van der Waals surface area contributed by atoms with Crippen LogP contribution in [-0.4, -0.2) is 41.3 Å². The van der Waals surface area contributed by atoms with Crippen LogP contribution < -0.4 is 5.73 Å². The molecule has 1 saturated carbocycles. The highest BCUT2D eigenvalue weighted by Gasteiger charge is 2.44. The summed E-state index contributed by atoms with van der Waals surface area (Å²) < 4.78 is 3.19. The fourth-order valence-corrected chi connectivity index (χ4v) is 4.39. The fourth-order valence-electron chi connectivity index (χ4n) is 4.39.